The number of hydrogen-bond acceptors (Lipinski definition) is 3. The number of piperidine rings is 1. The Morgan fingerprint density at radius 3 is 2.94 bits per heavy atom. The van der Waals surface area contributed by atoms with Crippen molar-refractivity contribution in [2.24, 2.45) is 5.92 Å². The van der Waals surface area contributed by atoms with Crippen LogP contribution in [0.4, 0.5) is 0 Å². The van der Waals surface area contributed by atoms with Crippen molar-refractivity contribution in [3.8, 4) is 0 Å². The minimum atomic E-state index is 0.275. The largest absolute Gasteiger partial charge is 0.352 e. The molecule has 3 atom stereocenters. The summed E-state index contributed by atoms with van der Waals surface area (Å²) >= 11 is 2.01. The Bertz CT molecular complexity index is 267. The molecule has 0 radical (unpaired) electrons. The first kappa shape index (κ1) is 14.2. The molecule has 2 aliphatic rings. The molecule has 1 aliphatic heterocycles. The van der Waals surface area contributed by atoms with Gasteiger partial charge in [0.15, 0.2) is 0 Å². The highest BCUT2D eigenvalue weighted by Gasteiger charge is 2.29. The van der Waals surface area contributed by atoms with Gasteiger partial charge in [0.25, 0.3) is 0 Å². The zero-order valence-corrected chi connectivity index (χ0v) is 12.2. The first-order valence-electron chi connectivity index (χ1n) is 7.41. The molecule has 0 aromatic carbocycles. The SMILES string of the molecule is CCSC1CCCC1NC(=O)CC1CCCNC1. The van der Waals surface area contributed by atoms with Gasteiger partial charge in [-0.3, -0.25) is 4.79 Å². The Balaban J connectivity index is 1.72. The molecule has 1 saturated carbocycles. The van der Waals surface area contributed by atoms with Gasteiger partial charge in [-0.25, -0.2) is 0 Å². The summed E-state index contributed by atoms with van der Waals surface area (Å²) in [6, 6.07) is 0.430. The summed E-state index contributed by atoms with van der Waals surface area (Å²) < 4.78 is 0. The number of carbonyl (C=O) groups excluding carboxylic acids is 1. The first-order valence-corrected chi connectivity index (χ1v) is 8.46. The zero-order chi connectivity index (χ0) is 12.8. The molecule has 1 saturated heterocycles. The van der Waals surface area contributed by atoms with Crippen LogP contribution in [0.15, 0.2) is 0 Å². The molecule has 2 rings (SSSR count). The number of thioether (sulfide) groups is 1. The third-order valence-corrected chi connectivity index (χ3v) is 5.38. The molecule has 4 heteroatoms. The smallest absolute Gasteiger partial charge is 0.220 e. The van der Waals surface area contributed by atoms with Crippen LogP contribution in [0.25, 0.3) is 0 Å². The van der Waals surface area contributed by atoms with Gasteiger partial charge in [-0.2, -0.15) is 11.8 Å². The maximum Gasteiger partial charge on any atom is 0.220 e. The summed E-state index contributed by atoms with van der Waals surface area (Å²) in [6.45, 7) is 4.34. The van der Waals surface area contributed by atoms with Crippen LogP contribution in [-0.2, 0) is 4.79 Å². The average molecular weight is 270 g/mol. The van der Waals surface area contributed by atoms with Crippen molar-refractivity contribution >= 4 is 17.7 Å². The normalized spacial score (nSPS) is 32.4. The van der Waals surface area contributed by atoms with Gasteiger partial charge in [-0.05, 0) is 50.4 Å². The van der Waals surface area contributed by atoms with E-state index in [1.165, 1.54) is 32.1 Å². The van der Waals surface area contributed by atoms with Crippen molar-refractivity contribution in [2.45, 2.75) is 56.7 Å². The quantitative estimate of drug-likeness (QED) is 0.804. The van der Waals surface area contributed by atoms with Crippen molar-refractivity contribution < 1.29 is 4.79 Å². The highest BCUT2D eigenvalue weighted by molar-refractivity contribution is 7.99. The number of carbonyl (C=O) groups is 1. The van der Waals surface area contributed by atoms with Gasteiger partial charge in [-0.1, -0.05) is 13.3 Å². The molecule has 1 amide bonds. The third kappa shape index (κ3) is 4.16. The van der Waals surface area contributed by atoms with Gasteiger partial charge in [-0.15, -0.1) is 0 Å². The van der Waals surface area contributed by atoms with Crippen LogP contribution in [0, 0.1) is 5.92 Å². The Morgan fingerprint density at radius 1 is 1.33 bits per heavy atom. The standard InChI is InChI=1S/C14H26N2OS/c1-2-18-13-7-3-6-12(13)16-14(17)9-11-5-4-8-15-10-11/h11-13,15H,2-10H2,1H3,(H,16,17). The predicted octanol–water partition coefficient (Wildman–Crippen LogP) is 2.17. The number of hydrogen-bond donors (Lipinski definition) is 2. The molecule has 2 fully saturated rings. The fraction of sp³-hybridized carbons (Fsp3) is 0.929. The molecule has 0 spiro atoms. The van der Waals surface area contributed by atoms with Crippen molar-refractivity contribution in [2.75, 3.05) is 18.8 Å². The highest BCUT2D eigenvalue weighted by atomic mass is 32.2. The molecule has 104 valence electrons. The predicted molar refractivity (Wildman–Crippen MR) is 77.9 cm³/mol. The molecule has 0 aromatic rings. The molecular weight excluding hydrogens is 244 g/mol. The van der Waals surface area contributed by atoms with Gasteiger partial charge >= 0.3 is 0 Å². The van der Waals surface area contributed by atoms with Gasteiger partial charge in [0, 0.05) is 17.7 Å². The summed E-state index contributed by atoms with van der Waals surface area (Å²) in [5, 5.41) is 7.31. The second kappa shape index (κ2) is 7.39. The minimum Gasteiger partial charge on any atom is -0.352 e. The van der Waals surface area contributed by atoms with Gasteiger partial charge in [0.1, 0.15) is 0 Å². The molecule has 1 aliphatic carbocycles. The van der Waals surface area contributed by atoms with Crippen molar-refractivity contribution in [1.82, 2.24) is 10.6 Å². The maximum atomic E-state index is 12.1. The Hall–Kier alpha value is -0.220. The molecule has 0 bridgehead atoms. The summed E-state index contributed by atoms with van der Waals surface area (Å²) in [5.41, 5.74) is 0. The first-order chi connectivity index (χ1) is 8.79. The van der Waals surface area contributed by atoms with E-state index < -0.39 is 0 Å². The van der Waals surface area contributed by atoms with Crippen LogP contribution < -0.4 is 10.6 Å². The van der Waals surface area contributed by atoms with Crippen LogP contribution in [0.1, 0.15) is 45.4 Å². The van der Waals surface area contributed by atoms with E-state index in [2.05, 4.69) is 17.6 Å². The topological polar surface area (TPSA) is 41.1 Å². The lowest BCUT2D eigenvalue weighted by atomic mass is 9.96. The van der Waals surface area contributed by atoms with E-state index in [9.17, 15) is 4.79 Å². The van der Waals surface area contributed by atoms with Crippen LogP contribution in [0.5, 0.6) is 0 Å². The lowest BCUT2D eigenvalue weighted by Crippen LogP contribution is -2.41. The molecule has 3 nitrogen and oxygen atoms in total. The molecule has 3 unspecified atom stereocenters. The number of nitrogens with one attached hydrogen (secondary N) is 2. The highest BCUT2D eigenvalue weighted by Crippen LogP contribution is 2.30. The Morgan fingerprint density at radius 2 is 2.22 bits per heavy atom. The lowest BCUT2D eigenvalue weighted by Gasteiger charge is -2.24. The summed E-state index contributed by atoms with van der Waals surface area (Å²) in [5.74, 6) is 1.98. The average Bonchev–Trinajstić information content (AvgIpc) is 2.78. The van der Waals surface area contributed by atoms with E-state index in [1.807, 2.05) is 11.8 Å². The molecule has 18 heavy (non-hydrogen) atoms. The van der Waals surface area contributed by atoms with Crippen LogP contribution >= 0.6 is 11.8 Å². The van der Waals surface area contributed by atoms with Gasteiger partial charge in [0.05, 0.1) is 0 Å². The summed E-state index contributed by atoms with van der Waals surface area (Å²) in [7, 11) is 0. The van der Waals surface area contributed by atoms with Gasteiger partial charge in [0.2, 0.25) is 5.91 Å². The molecule has 2 N–H and O–H groups in total. The van der Waals surface area contributed by atoms with E-state index in [0.29, 0.717) is 23.6 Å². The zero-order valence-electron chi connectivity index (χ0n) is 11.4. The number of amides is 1. The summed E-state index contributed by atoms with van der Waals surface area (Å²) in [4.78, 5) is 12.1. The summed E-state index contributed by atoms with van der Waals surface area (Å²) in [6.07, 6.45) is 6.86. The van der Waals surface area contributed by atoms with Crippen LogP contribution in [-0.4, -0.2) is 36.0 Å². The van der Waals surface area contributed by atoms with E-state index in [4.69, 9.17) is 0 Å². The van der Waals surface area contributed by atoms with Crippen molar-refractivity contribution in [3.05, 3.63) is 0 Å². The van der Waals surface area contributed by atoms with E-state index in [-0.39, 0.29) is 5.91 Å². The maximum absolute atomic E-state index is 12.1. The van der Waals surface area contributed by atoms with Crippen molar-refractivity contribution in [3.63, 3.8) is 0 Å². The Kier molecular flexibility index (Phi) is 5.83. The van der Waals surface area contributed by atoms with E-state index >= 15 is 0 Å². The third-order valence-electron chi connectivity index (χ3n) is 4.05. The lowest BCUT2D eigenvalue weighted by molar-refractivity contribution is -0.122. The monoisotopic (exact) mass is 270 g/mol. The molecular formula is C14H26N2OS. The van der Waals surface area contributed by atoms with E-state index in [1.54, 1.807) is 0 Å². The fourth-order valence-corrected chi connectivity index (χ4v) is 4.33. The second-order valence-electron chi connectivity index (χ2n) is 5.52. The Labute approximate surface area is 115 Å². The number of rotatable bonds is 5. The van der Waals surface area contributed by atoms with Crippen LogP contribution in [0.3, 0.4) is 0 Å². The van der Waals surface area contributed by atoms with Crippen LogP contribution in [0.2, 0.25) is 0 Å². The minimum absolute atomic E-state index is 0.275. The molecule has 1 heterocycles. The van der Waals surface area contributed by atoms with Gasteiger partial charge < -0.3 is 10.6 Å². The second-order valence-corrected chi connectivity index (χ2v) is 7.03. The fourth-order valence-electron chi connectivity index (χ4n) is 3.13. The van der Waals surface area contributed by atoms with Crippen molar-refractivity contribution in [1.29, 1.82) is 0 Å². The van der Waals surface area contributed by atoms with E-state index in [0.717, 1.165) is 18.8 Å². The molecule has 0 aromatic heterocycles.